The van der Waals surface area contributed by atoms with Gasteiger partial charge in [0, 0.05) is 13.2 Å². The number of aryl methyl sites for hydroxylation is 1. The van der Waals surface area contributed by atoms with Crippen LogP contribution in [0.25, 0.3) is 0 Å². The second-order valence-corrected chi connectivity index (χ2v) is 5.07. The van der Waals surface area contributed by atoms with Gasteiger partial charge in [-0.05, 0) is 30.9 Å². The van der Waals surface area contributed by atoms with E-state index in [-0.39, 0.29) is 17.2 Å². The number of aliphatic imine (C=N–C) groups is 1. The first kappa shape index (κ1) is 13.8. The van der Waals surface area contributed by atoms with E-state index in [0.29, 0.717) is 5.56 Å². The number of pyridine rings is 1. The van der Waals surface area contributed by atoms with Crippen molar-refractivity contribution in [1.82, 2.24) is 10.3 Å². The molecule has 0 saturated heterocycles. The highest BCUT2D eigenvalue weighted by molar-refractivity contribution is 6.20. The lowest BCUT2D eigenvalue weighted by Gasteiger charge is -2.11. The molecule has 0 spiro atoms. The largest absolute Gasteiger partial charge is 0.370 e. The fraction of sp³-hybridized carbons (Fsp3) is 0.462. The van der Waals surface area contributed by atoms with Crippen LogP contribution in [-0.2, 0) is 6.42 Å². The van der Waals surface area contributed by atoms with E-state index in [1.165, 1.54) is 13.2 Å². The van der Waals surface area contributed by atoms with E-state index in [1.807, 2.05) is 6.07 Å². The van der Waals surface area contributed by atoms with Crippen molar-refractivity contribution in [1.29, 1.82) is 0 Å². The van der Waals surface area contributed by atoms with E-state index in [4.69, 9.17) is 17.3 Å². The Hall–Kier alpha value is -1.62. The first-order valence-electron chi connectivity index (χ1n) is 6.28. The number of guanidine groups is 1. The minimum Gasteiger partial charge on any atom is -0.370 e. The van der Waals surface area contributed by atoms with Crippen molar-refractivity contribution < 1.29 is 4.79 Å². The number of carbonyl (C=O) groups is 1. The van der Waals surface area contributed by atoms with E-state index < -0.39 is 0 Å². The normalized spacial score (nSPS) is 19.5. The number of amides is 1. The van der Waals surface area contributed by atoms with Crippen LogP contribution in [0.1, 0.15) is 46.3 Å². The maximum Gasteiger partial charge on any atom is 0.259 e. The van der Waals surface area contributed by atoms with E-state index in [9.17, 15) is 4.79 Å². The van der Waals surface area contributed by atoms with Gasteiger partial charge in [-0.3, -0.25) is 20.1 Å². The van der Waals surface area contributed by atoms with Crippen LogP contribution in [-0.4, -0.2) is 23.9 Å². The number of halogens is 1. The SMILES string of the molecule is CN=C(N)NC(=O)c1cnc2c(c1)CCCCC2Cl. The molecule has 5 nitrogen and oxygen atoms in total. The predicted molar refractivity (Wildman–Crippen MR) is 75.4 cm³/mol. The van der Waals surface area contributed by atoms with Crippen molar-refractivity contribution in [2.45, 2.75) is 31.1 Å². The van der Waals surface area contributed by atoms with Crippen LogP contribution in [0.4, 0.5) is 0 Å². The number of rotatable bonds is 1. The van der Waals surface area contributed by atoms with Gasteiger partial charge in [-0.1, -0.05) is 6.42 Å². The van der Waals surface area contributed by atoms with Crippen molar-refractivity contribution >= 4 is 23.5 Å². The van der Waals surface area contributed by atoms with Crippen LogP contribution in [0.15, 0.2) is 17.3 Å². The predicted octanol–water partition coefficient (Wildman–Crippen LogP) is 1.76. The molecule has 0 bridgehead atoms. The van der Waals surface area contributed by atoms with E-state index in [2.05, 4.69) is 15.3 Å². The lowest BCUT2D eigenvalue weighted by Crippen LogP contribution is -2.36. The summed E-state index contributed by atoms with van der Waals surface area (Å²) >= 11 is 6.29. The Bertz CT molecular complexity index is 515. The van der Waals surface area contributed by atoms with Crippen LogP contribution in [0.3, 0.4) is 0 Å². The quantitative estimate of drug-likeness (QED) is 0.356. The Morgan fingerprint density at radius 3 is 3.11 bits per heavy atom. The minimum atomic E-state index is -0.297. The first-order valence-corrected chi connectivity index (χ1v) is 6.72. The summed E-state index contributed by atoms with van der Waals surface area (Å²) in [6, 6.07) is 1.85. The molecular formula is C13H17ClN4O. The second kappa shape index (κ2) is 6.02. The Morgan fingerprint density at radius 1 is 1.58 bits per heavy atom. The monoisotopic (exact) mass is 280 g/mol. The van der Waals surface area contributed by atoms with Crippen LogP contribution in [0.5, 0.6) is 0 Å². The maximum atomic E-state index is 11.9. The summed E-state index contributed by atoms with van der Waals surface area (Å²) in [7, 11) is 1.52. The molecule has 0 radical (unpaired) electrons. The summed E-state index contributed by atoms with van der Waals surface area (Å²) < 4.78 is 0. The smallest absolute Gasteiger partial charge is 0.259 e. The molecule has 1 aliphatic rings. The Labute approximate surface area is 117 Å². The van der Waals surface area contributed by atoms with E-state index >= 15 is 0 Å². The molecule has 19 heavy (non-hydrogen) atoms. The molecule has 2 rings (SSSR count). The molecule has 1 heterocycles. The third-order valence-corrected chi connectivity index (χ3v) is 3.62. The van der Waals surface area contributed by atoms with E-state index in [1.54, 1.807) is 0 Å². The summed E-state index contributed by atoms with van der Waals surface area (Å²) in [5.41, 5.74) is 7.90. The van der Waals surface area contributed by atoms with Crippen LogP contribution in [0.2, 0.25) is 0 Å². The number of nitrogens with one attached hydrogen (secondary N) is 1. The molecule has 1 aromatic heterocycles. The van der Waals surface area contributed by atoms with Crippen molar-refractivity contribution in [2.75, 3.05) is 7.05 Å². The number of hydrogen-bond acceptors (Lipinski definition) is 3. The molecule has 6 heteroatoms. The summed E-state index contributed by atoms with van der Waals surface area (Å²) in [5, 5.41) is 2.44. The highest BCUT2D eigenvalue weighted by atomic mass is 35.5. The number of aromatic nitrogens is 1. The summed E-state index contributed by atoms with van der Waals surface area (Å²) in [5.74, 6) is -0.205. The number of fused-ring (bicyclic) bond motifs is 1. The van der Waals surface area contributed by atoms with Gasteiger partial charge in [0.15, 0.2) is 5.96 Å². The maximum absolute atomic E-state index is 11.9. The molecule has 0 aliphatic heterocycles. The van der Waals surface area contributed by atoms with Gasteiger partial charge in [-0.25, -0.2) is 0 Å². The molecule has 1 aromatic rings. The summed E-state index contributed by atoms with van der Waals surface area (Å²) in [4.78, 5) is 20.0. The van der Waals surface area contributed by atoms with Gasteiger partial charge in [-0.15, -0.1) is 11.6 Å². The summed E-state index contributed by atoms with van der Waals surface area (Å²) in [6.45, 7) is 0. The lowest BCUT2D eigenvalue weighted by molar-refractivity contribution is 0.0976. The van der Waals surface area contributed by atoms with Gasteiger partial charge < -0.3 is 5.73 Å². The zero-order valence-electron chi connectivity index (χ0n) is 10.8. The molecule has 0 saturated carbocycles. The van der Waals surface area contributed by atoms with Gasteiger partial charge in [-0.2, -0.15) is 0 Å². The van der Waals surface area contributed by atoms with Gasteiger partial charge in [0.05, 0.1) is 16.6 Å². The van der Waals surface area contributed by atoms with Gasteiger partial charge in [0.1, 0.15) is 0 Å². The molecule has 0 aromatic carbocycles. The second-order valence-electron chi connectivity index (χ2n) is 4.54. The number of carbonyl (C=O) groups excluding carboxylic acids is 1. The number of nitrogens with zero attached hydrogens (tertiary/aromatic N) is 2. The van der Waals surface area contributed by atoms with Crippen molar-refractivity contribution in [3.8, 4) is 0 Å². The topological polar surface area (TPSA) is 80.4 Å². The Kier molecular flexibility index (Phi) is 4.37. The molecule has 0 fully saturated rings. The van der Waals surface area contributed by atoms with E-state index in [0.717, 1.165) is 36.9 Å². The molecule has 1 amide bonds. The average molecular weight is 281 g/mol. The molecule has 3 N–H and O–H groups in total. The van der Waals surface area contributed by atoms with Gasteiger partial charge in [0.2, 0.25) is 0 Å². The zero-order valence-corrected chi connectivity index (χ0v) is 11.6. The molecule has 1 unspecified atom stereocenters. The fourth-order valence-corrected chi connectivity index (χ4v) is 2.50. The molecule has 1 aliphatic carbocycles. The number of alkyl halides is 1. The standard InChI is InChI=1S/C13H17ClN4O/c1-16-13(15)18-12(19)9-6-8-4-2-3-5-10(14)11(8)17-7-9/h6-7,10H,2-5H2,1H3,(H3,15,16,18,19). The van der Waals surface area contributed by atoms with Crippen LogP contribution < -0.4 is 11.1 Å². The third kappa shape index (κ3) is 3.23. The molecular weight excluding hydrogens is 264 g/mol. The van der Waals surface area contributed by atoms with Gasteiger partial charge in [0.25, 0.3) is 5.91 Å². The third-order valence-electron chi connectivity index (χ3n) is 3.20. The molecule has 102 valence electrons. The number of hydrogen-bond donors (Lipinski definition) is 2. The minimum absolute atomic E-state index is 0.0584. The Balaban J connectivity index is 2.25. The number of nitrogens with two attached hydrogens (primary N) is 1. The summed E-state index contributed by atoms with van der Waals surface area (Å²) in [6.07, 6.45) is 5.54. The van der Waals surface area contributed by atoms with Crippen molar-refractivity contribution in [2.24, 2.45) is 10.7 Å². The van der Waals surface area contributed by atoms with Crippen LogP contribution in [0, 0.1) is 0 Å². The van der Waals surface area contributed by atoms with Gasteiger partial charge >= 0.3 is 0 Å². The fourth-order valence-electron chi connectivity index (χ4n) is 2.15. The lowest BCUT2D eigenvalue weighted by atomic mass is 10.1. The Morgan fingerprint density at radius 2 is 2.37 bits per heavy atom. The zero-order chi connectivity index (χ0) is 13.8. The van der Waals surface area contributed by atoms with Crippen molar-refractivity contribution in [3.63, 3.8) is 0 Å². The highest BCUT2D eigenvalue weighted by Gasteiger charge is 2.19. The first-order chi connectivity index (χ1) is 9.11. The average Bonchev–Trinajstić information content (AvgIpc) is 2.60. The molecule has 1 atom stereocenters. The van der Waals surface area contributed by atoms with Crippen LogP contribution >= 0.6 is 11.6 Å². The van der Waals surface area contributed by atoms with Crippen molar-refractivity contribution in [3.05, 3.63) is 29.1 Å². The highest BCUT2D eigenvalue weighted by Crippen LogP contribution is 2.32.